The lowest BCUT2D eigenvalue weighted by atomic mass is 10.1. The van der Waals surface area contributed by atoms with Crippen molar-refractivity contribution in [2.75, 3.05) is 13.2 Å². The summed E-state index contributed by atoms with van der Waals surface area (Å²) in [5, 5.41) is 0. The molecule has 0 aliphatic rings. The van der Waals surface area contributed by atoms with Gasteiger partial charge in [-0.3, -0.25) is 14.4 Å². The Balaban J connectivity index is 2.39. The van der Waals surface area contributed by atoms with Crippen LogP contribution in [0.25, 0.3) is 0 Å². The molecular weight excluding hydrogens is 260 g/mol. The van der Waals surface area contributed by atoms with Gasteiger partial charge in [0.2, 0.25) is 0 Å². The summed E-state index contributed by atoms with van der Waals surface area (Å²) in [6.07, 6.45) is 0.0956. The van der Waals surface area contributed by atoms with Gasteiger partial charge in [0.25, 0.3) is 0 Å². The van der Waals surface area contributed by atoms with Crippen molar-refractivity contribution in [3.8, 4) is 5.75 Å². The number of ether oxygens (including phenoxy) is 2. The van der Waals surface area contributed by atoms with E-state index in [1.54, 1.807) is 31.2 Å². The van der Waals surface area contributed by atoms with E-state index < -0.39 is 5.97 Å². The molecule has 0 heterocycles. The van der Waals surface area contributed by atoms with Crippen LogP contribution in [0.15, 0.2) is 24.3 Å². The normalized spacial score (nSPS) is 9.90. The zero-order valence-corrected chi connectivity index (χ0v) is 11.7. The van der Waals surface area contributed by atoms with Crippen LogP contribution in [0.5, 0.6) is 5.75 Å². The Morgan fingerprint density at radius 2 is 1.75 bits per heavy atom. The summed E-state index contributed by atoms with van der Waals surface area (Å²) in [5.74, 6) is -0.271. The van der Waals surface area contributed by atoms with Crippen molar-refractivity contribution in [2.24, 2.45) is 0 Å². The van der Waals surface area contributed by atoms with Crippen LogP contribution in [0, 0.1) is 0 Å². The van der Waals surface area contributed by atoms with E-state index in [0.717, 1.165) is 5.56 Å². The fourth-order valence-corrected chi connectivity index (χ4v) is 1.58. The fourth-order valence-electron chi connectivity index (χ4n) is 1.58. The molecule has 20 heavy (non-hydrogen) atoms. The Labute approximate surface area is 117 Å². The quantitative estimate of drug-likeness (QED) is 0.535. The molecule has 1 rings (SSSR count). The minimum absolute atomic E-state index is 0.0864. The Hall–Kier alpha value is -2.17. The predicted octanol–water partition coefficient (Wildman–Crippen LogP) is 1.72. The third-order valence-corrected chi connectivity index (χ3v) is 2.42. The summed E-state index contributed by atoms with van der Waals surface area (Å²) in [6.45, 7) is 3.29. The highest BCUT2D eigenvalue weighted by atomic mass is 16.5. The van der Waals surface area contributed by atoms with Gasteiger partial charge in [-0.25, -0.2) is 0 Å². The van der Waals surface area contributed by atoms with Crippen LogP contribution >= 0.6 is 0 Å². The molecule has 0 aliphatic heterocycles. The van der Waals surface area contributed by atoms with Gasteiger partial charge >= 0.3 is 5.97 Å². The molecule has 5 nitrogen and oxygen atoms in total. The van der Waals surface area contributed by atoms with Gasteiger partial charge in [0.05, 0.1) is 6.61 Å². The van der Waals surface area contributed by atoms with Gasteiger partial charge in [-0.05, 0) is 31.5 Å². The molecule has 0 unspecified atom stereocenters. The molecule has 0 radical (unpaired) electrons. The number of carbonyl (C=O) groups excluding carboxylic acids is 3. The van der Waals surface area contributed by atoms with Crippen molar-refractivity contribution >= 4 is 17.5 Å². The molecule has 1 aromatic rings. The lowest BCUT2D eigenvalue weighted by Crippen LogP contribution is -2.17. The first-order valence-electron chi connectivity index (χ1n) is 6.39. The molecule has 0 spiro atoms. The van der Waals surface area contributed by atoms with Crippen LogP contribution in [0.3, 0.4) is 0 Å². The summed E-state index contributed by atoms with van der Waals surface area (Å²) >= 11 is 0. The highest BCUT2D eigenvalue weighted by Gasteiger charge is 2.11. The number of hydrogen-bond acceptors (Lipinski definition) is 5. The molecule has 0 bridgehead atoms. The van der Waals surface area contributed by atoms with Gasteiger partial charge in [0.1, 0.15) is 24.6 Å². The summed E-state index contributed by atoms with van der Waals surface area (Å²) in [4.78, 5) is 33.5. The summed E-state index contributed by atoms with van der Waals surface area (Å²) in [7, 11) is 0. The third-order valence-electron chi connectivity index (χ3n) is 2.42. The molecule has 0 saturated heterocycles. The molecule has 0 atom stereocenters. The van der Waals surface area contributed by atoms with E-state index in [-0.39, 0.29) is 31.2 Å². The van der Waals surface area contributed by atoms with E-state index >= 15 is 0 Å². The number of rotatable bonds is 8. The zero-order chi connectivity index (χ0) is 15.0. The van der Waals surface area contributed by atoms with E-state index in [4.69, 9.17) is 4.74 Å². The van der Waals surface area contributed by atoms with Gasteiger partial charge in [-0.1, -0.05) is 12.1 Å². The van der Waals surface area contributed by atoms with Crippen molar-refractivity contribution in [1.82, 2.24) is 0 Å². The smallest absolute Gasteiger partial charge is 0.313 e. The molecule has 0 aromatic heterocycles. The first-order valence-corrected chi connectivity index (χ1v) is 6.39. The average molecular weight is 278 g/mol. The topological polar surface area (TPSA) is 69.7 Å². The van der Waals surface area contributed by atoms with E-state index in [1.165, 1.54) is 6.92 Å². The zero-order valence-electron chi connectivity index (χ0n) is 11.7. The molecule has 0 amide bonds. The molecule has 0 N–H and O–H groups in total. The van der Waals surface area contributed by atoms with Crippen LogP contribution in [0.2, 0.25) is 0 Å². The SMILES string of the molecule is CCOC(=O)CC(=O)COc1ccc(CC(C)=O)cc1. The number of Topliss-reactive ketones (excluding diaryl/α,β-unsaturated/α-hetero) is 2. The van der Waals surface area contributed by atoms with E-state index in [2.05, 4.69) is 4.74 Å². The van der Waals surface area contributed by atoms with Crippen LogP contribution in [-0.2, 0) is 25.5 Å². The van der Waals surface area contributed by atoms with Gasteiger partial charge in [-0.15, -0.1) is 0 Å². The maximum atomic E-state index is 11.4. The van der Waals surface area contributed by atoms with Crippen molar-refractivity contribution in [3.05, 3.63) is 29.8 Å². The van der Waals surface area contributed by atoms with Crippen molar-refractivity contribution in [3.63, 3.8) is 0 Å². The highest BCUT2D eigenvalue weighted by Crippen LogP contribution is 2.13. The Kier molecular flexibility index (Phi) is 6.43. The number of benzene rings is 1. The van der Waals surface area contributed by atoms with Gasteiger partial charge in [0, 0.05) is 6.42 Å². The maximum Gasteiger partial charge on any atom is 0.313 e. The van der Waals surface area contributed by atoms with E-state index in [1.807, 2.05) is 0 Å². The second-order valence-corrected chi connectivity index (χ2v) is 4.33. The maximum absolute atomic E-state index is 11.4. The van der Waals surface area contributed by atoms with Gasteiger partial charge in [-0.2, -0.15) is 0 Å². The van der Waals surface area contributed by atoms with Crippen LogP contribution in [0.4, 0.5) is 0 Å². The first-order chi connectivity index (χ1) is 9.51. The first kappa shape index (κ1) is 15.9. The van der Waals surface area contributed by atoms with Crippen molar-refractivity contribution in [2.45, 2.75) is 26.7 Å². The van der Waals surface area contributed by atoms with E-state index in [0.29, 0.717) is 12.2 Å². The Bertz CT molecular complexity index is 476. The lowest BCUT2D eigenvalue weighted by molar-refractivity contribution is -0.145. The molecular formula is C15H18O5. The van der Waals surface area contributed by atoms with Crippen LogP contribution in [-0.4, -0.2) is 30.7 Å². The average Bonchev–Trinajstić information content (AvgIpc) is 2.37. The largest absolute Gasteiger partial charge is 0.486 e. The predicted molar refractivity (Wildman–Crippen MR) is 72.6 cm³/mol. The van der Waals surface area contributed by atoms with Crippen LogP contribution < -0.4 is 4.74 Å². The second kappa shape index (κ2) is 8.09. The van der Waals surface area contributed by atoms with E-state index in [9.17, 15) is 14.4 Å². The minimum Gasteiger partial charge on any atom is -0.486 e. The Morgan fingerprint density at radius 1 is 1.10 bits per heavy atom. The molecule has 0 fully saturated rings. The molecule has 5 heteroatoms. The summed E-state index contributed by atoms with van der Waals surface area (Å²) in [6, 6.07) is 6.92. The standard InChI is InChI=1S/C15H18O5/c1-3-19-15(18)9-13(17)10-20-14-6-4-12(5-7-14)8-11(2)16/h4-7H,3,8-10H2,1-2H3. The second-order valence-electron chi connectivity index (χ2n) is 4.33. The van der Waals surface area contributed by atoms with Crippen molar-refractivity contribution < 1.29 is 23.9 Å². The lowest BCUT2D eigenvalue weighted by Gasteiger charge is -2.06. The molecule has 108 valence electrons. The number of ketones is 2. The fraction of sp³-hybridized carbons (Fsp3) is 0.400. The van der Waals surface area contributed by atoms with Crippen LogP contribution in [0.1, 0.15) is 25.8 Å². The van der Waals surface area contributed by atoms with Gasteiger partial charge < -0.3 is 9.47 Å². The minimum atomic E-state index is -0.544. The third kappa shape index (κ3) is 6.13. The number of hydrogen-bond donors (Lipinski definition) is 0. The number of esters is 1. The number of carbonyl (C=O) groups is 3. The highest BCUT2D eigenvalue weighted by molar-refractivity contribution is 5.96. The summed E-state index contributed by atoms with van der Waals surface area (Å²) in [5.41, 5.74) is 0.891. The van der Waals surface area contributed by atoms with Gasteiger partial charge in [0.15, 0.2) is 5.78 Å². The van der Waals surface area contributed by atoms with Crippen molar-refractivity contribution in [1.29, 1.82) is 0 Å². The molecule has 0 saturated carbocycles. The Morgan fingerprint density at radius 3 is 2.30 bits per heavy atom. The molecule has 1 aromatic carbocycles. The molecule has 0 aliphatic carbocycles. The monoisotopic (exact) mass is 278 g/mol. The summed E-state index contributed by atoms with van der Waals surface area (Å²) < 4.78 is 9.93.